The summed E-state index contributed by atoms with van der Waals surface area (Å²) in [5.41, 5.74) is 6.80. The largest absolute Gasteiger partial charge is 0.329 e. The minimum absolute atomic E-state index is 0.0305. The van der Waals surface area contributed by atoms with Gasteiger partial charge >= 0.3 is 0 Å². The zero-order chi connectivity index (χ0) is 14.7. The van der Waals surface area contributed by atoms with Gasteiger partial charge in [0.1, 0.15) is 0 Å². The van der Waals surface area contributed by atoms with E-state index in [-0.39, 0.29) is 6.04 Å². The number of thiophene rings is 1. The molecule has 1 atom stereocenters. The highest BCUT2D eigenvalue weighted by Gasteiger charge is 2.21. The van der Waals surface area contributed by atoms with Crippen molar-refractivity contribution in [2.24, 2.45) is 5.73 Å². The normalized spacial score (nSPS) is 12.9. The molecule has 6 heteroatoms. The van der Waals surface area contributed by atoms with Crippen LogP contribution in [0, 0.1) is 0 Å². The van der Waals surface area contributed by atoms with Gasteiger partial charge in [-0.3, -0.25) is 4.90 Å². The highest BCUT2D eigenvalue weighted by Crippen LogP contribution is 2.34. The molecule has 2 aromatic rings. The Balaban J connectivity index is 2.23. The Morgan fingerprint density at radius 1 is 1.15 bits per heavy atom. The first-order valence-corrected chi connectivity index (χ1v) is 8.06. The molecule has 1 unspecified atom stereocenters. The Labute approximate surface area is 138 Å². The zero-order valence-electron chi connectivity index (χ0n) is 10.9. The lowest BCUT2D eigenvalue weighted by Gasteiger charge is -2.28. The predicted octanol–water partition coefficient (Wildman–Crippen LogP) is 4.84. The predicted molar refractivity (Wildman–Crippen MR) is 89.1 cm³/mol. The third-order valence-electron chi connectivity index (χ3n) is 3.12. The number of halogens is 3. The first kappa shape index (κ1) is 16.1. The molecule has 0 aliphatic rings. The number of likely N-dealkylation sites (N-methyl/N-ethyl adjacent to an activating group) is 1. The van der Waals surface area contributed by atoms with Gasteiger partial charge in [0, 0.05) is 33.6 Å². The summed E-state index contributed by atoms with van der Waals surface area (Å²) in [5.74, 6) is 0. The lowest BCUT2D eigenvalue weighted by molar-refractivity contribution is 0.244. The van der Waals surface area contributed by atoms with Crippen molar-refractivity contribution in [3.05, 3.63) is 55.2 Å². The average Bonchev–Trinajstić information content (AvgIpc) is 2.79. The number of hydrogen-bond donors (Lipinski definition) is 1. The molecular weight excluding hydrogens is 335 g/mol. The van der Waals surface area contributed by atoms with Crippen molar-refractivity contribution in [2.45, 2.75) is 12.6 Å². The van der Waals surface area contributed by atoms with E-state index in [9.17, 15) is 0 Å². The molecular formula is C14H15Cl3N2S. The number of nitrogens with two attached hydrogens (primary N) is 1. The number of hydrogen-bond acceptors (Lipinski definition) is 3. The zero-order valence-corrected chi connectivity index (χ0v) is 14.0. The van der Waals surface area contributed by atoms with Crippen molar-refractivity contribution >= 4 is 46.1 Å². The molecule has 1 heterocycles. The van der Waals surface area contributed by atoms with Gasteiger partial charge < -0.3 is 5.73 Å². The summed E-state index contributed by atoms with van der Waals surface area (Å²) in [4.78, 5) is 3.31. The molecule has 2 rings (SSSR count). The van der Waals surface area contributed by atoms with E-state index >= 15 is 0 Å². The summed E-state index contributed by atoms with van der Waals surface area (Å²) < 4.78 is 0.786. The number of nitrogens with zero attached hydrogens (tertiary/aromatic N) is 1. The Bertz CT molecular complexity index is 565. The van der Waals surface area contributed by atoms with Crippen LogP contribution >= 0.6 is 46.1 Å². The SMILES string of the molecule is CN(Cc1ccc(Cl)s1)C(CN)c1c(Cl)cccc1Cl. The smallest absolute Gasteiger partial charge is 0.0931 e. The van der Waals surface area contributed by atoms with Crippen LogP contribution in [-0.4, -0.2) is 18.5 Å². The van der Waals surface area contributed by atoms with Crippen LogP contribution in [0.1, 0.15) is 16.5 Å². The van der Waals surface area contributed by atoms with Gasteiger partial charge in [-0.2, -0.15) is 0 Å². The monoisotopic (exact) mass is 348 g/mol. The summed E-state index contributed by atoms with van der Waals surface area (Å²) in [6.07, 6.45) is 0. The average molecular weight is 350 g/mol. The van der Waals surface area contributed by atoms with Gasteiger partial charge in [0.2, 0.25) is 0 Å². The highest BCUT2D eigenvalue weighted by molar-refractivity contribution is 7.16. The van der Waals surface area contributed by atoms with Crippen molar-refractivity contribution in [2.75, 3.05) is 13.6 Å². The van der Waals surface area contributed by atoms with Crippen LogP contribution in [0.2, 0.25) is 14.4 Å². The second-order valence-corrected chi connectivity index (χ2v) is 7.12. The Morgan fingerprint density at radius 2 is 1.80 bits per heavy atom. The molecule has 0 bridgehead atoms. The van der Waals surface area contributed by atoms with Crippen molar-refractivity contribution in [3.8, 4) is 0 Å². The Hall–Kier alpha value is -0.290. The molecule has 0 saturated heterocycles. The van der Waals surface area contributed by atoms with E-state index in [4.69, 9.17) is 40.5 Å². The summed E-state index contributed by atoms with van der Waals surface area (Å²) in [7, 11) is 2.00. The highest BCUT2D eigenvalue weighted by atomic mass is 35.5. The van der Waals surface area contributed by atoms with E-state index in [1.54, 1.807) is 11.3 Å². The quantitative estimate of drug-likeness (QED) is 0.837. The molecule has 108 valence electrons. The minimum atomic E-state index is -0.0305. The van der Waals surface area contributed by atoms with E-state index in [2.05, 4.69) is 4.90 Å². The van der Waals surface area contributed by atoms with E-state index < -0.39 is 0 Å². The summed E-state index contributed by atoms with van der Waals surface area (Å²) in [5, 5.41) is 1.29. The molecule has 0 saturated carbocycles. The van der Waals surface area contributed by atoms with Gasteiger partial charge in [-0.1, -0.05) is 40.9 Å². The van der Waals surface area contributed by atoms with Gasteiger partial charge in [0.15, 0.2) is 0 Å². The number of benzene rings is 1. The van der Waals surface area contributed by atoms with Gasteiger partial charge in [-0.05, 0) is 31.3 Å². The molecule has 0 spiro atoms. The maximum atomic E-state index is 6.27. The second-order valence-electron chi connectivity index (χ2n) is 4.51. The topological polar surface area (TPSA) is 29.3 Å². The molecule has 0 amide bonds. The van der Waals surface area contributed by atoms with Gasteiger partial charge in [-0.25, -0.2) is 0 Å². The third-order valence-corrected chi connectivity index (χ3v) is 5.00. The Morgan fingerprint density at radius 3 is 2.30 bits per heavy atom. The van der Waals surface area contributed by atoms with Gasteiger partial charge in [0.05, 0.1) is 10.4 Å². The second kappa shape index (κ2) is 7.12. The maximum Gasteiger partial charge on any atom is 0.0931 e. The van der Waals surface area contributed by atoms with Crippen LogP contribution < -0.4 is 5.73 Å². The lowest BCUT2D eigenvalue weighted by Crippen LogP contribution is -2.30. The molecule has 20 heavy (non-hydrogen) atoms. The molecule has 0 aliphatic carbocycles. The van der Waals surface area contributed by atoms with E-state index in [1.807, 2.05) is 37.4 Å². The van der Waals surface area contributed by atoms with Crippen LogP contribution in [0.3, 0.4) is 0 Å². The minimum Gasteiger partial charge on any atom is -0.329 e. The number of rotatable bonds is 5. The standard InChI is InChI=1S/C14H15Cl3N2S/c1-19(8-9-5-6-13(17)20-9)12(7-18)14-10(15)3-2-4-11(14)16/h2-6,12H,7-8,18H2,1H3. The van der Waals surface area contributed by atoms with E-state index in [0.717, 1.165) is 16.4 Å². The molecule has 0 radical (unpaired) electrons. The first-order valence-electron chi connectivity index (χ1n) is 6.11. The van der Waals surface area contributed by atoms with Crippen molar-refractivity contribution in [3.63, 3.8) is 0 Å². The fourth-order valence-electron chi connectivity index (χ4n) is 2.14. The molecule has 0 fully saturated rings. The van der Waals surface area contributed by atoms with Gasteiger partial charge in [0.25, 0.3) is 0 Å². The molecule has 1 aromatic heterocycles. The molecule has 0 aliphatic heterocycles. The van der Waals surface area contributed by atoms with Crippen LogP contribution in [-0.2, 0) is 6.54 Å². The fraction of sp³-hybridized carbons (Fsp3) is 0.286. The van der Waals surface area contributed by atoms with E-state index in [1.165, 1.54) is 4.88 Å². The van der Waals surface area contributed by atoms with Crippen molar-refractivity contribution < 1.29 is 0 Å². The van der Waals surface area contributed by atoms with Crippen molar-refractivity contribution in [1.82, 2.24) is 4.90 Å². The fourth-order valence-corrected chi connectivity index (χ4v) is 3.94. The van der Waals surface area contributed by atoms with E-state index in [0.29, 0.717) is 16.6 Å². The molecule has 2 N–H and O–H groups in total. The van der Waals surface area contributed by atoms with Crippen LogP contribution in [0.15, 0.2) is 30.3 Å². The van der Waals surface area contributed by atoms with Gasteiger partial charge in [-0.15, -0.1) is 11.3 Å². The summed E-state index contributed by atoms with van der Waals surface area (Å²) in [6, 6.07) is 9.39. The van der Waals surface area contributed by atoms with Crippen molar-refractivity contribution in [1.29, 1.82) is 0 Å². The molecule has 2 nitrogen and oxygen atoms in total. The van der Waals surface area contributed by atoms with Crippen LogP contribution in [0.4, 0.5) is 0 Å². The summed E-state index contributed by atoms with van der Waals surface area (Å²) >= 11 is 20.1. The first-order chi connectivity index (χ1) is 9.52. The maximum absolute atomic E-state index is 6.27. The van der Waals surface area contributed by atoms with Crippen LogP contribution in [0.25, 0.3) is 0 Å². The summed E-state index contributed by atoms with van der Waals surface area (Å²) in [6.45, 7) is 1.19. The third kappa shape index (κ3) is 3.67. The Kier molecular flexibility index (Phi) is 5.73. The van der Waals surface area contributed by atoms with Crippen LogP contribution in [0.5, 0.6) is 0 Å². The lowest BCUT2D eigenvalue weighted by atomic mass is 10.1. The molecule has 1 aromatic carbocycles.